The summed E-state index contributed by atoms with van der Waals surface area (Å²) in [6, 6.07) is 60.9. The van der Waals surface area contributed by atoms with Gasteiger partial charge in [0.25, 0.3) is 0 Å². The molecule has 2 aromatic heterocycles. The summed E-state index contributed by atoms with van der Waals surface area (Å²) >= 11 is 0. The van der Waals surface area contributed by atoms with Gasteiger partial charge in [0.2, 0.25) is 0 Å². The van der Waals surface area contributed by atoms with Crippen LogP contribution in [-0.4, -0.2) is 30.0 Å². The zero-order valence-corrected chi connectivity index (χ0v) is 30.5. The highest BCUT2D eigenvalue weighted by Crippen LogP contribution is 2.39. The van der Waals surface area contributed by atoms with Gasteiger partial charge < -0.3 is 9.80 Å². The minimum Gasteiger partial charge on any atom is -0.310 e. The second-order valence-electron chi connectivity index (χ2n) is 13.7. The molecule has 0 saturated heterocycles. The highest BCUT2D eigenvalue weighted by molar-refractivity contribution is 5.87. The van der Waals surface area contributed by atoms with E-state index in [1.54, 1.807) is 9.59 Å². The summed E-state index contributed by atoms with van der Waals surface area (Å²) in [5, 5.41) is 19.2. The van der Waals surface area contributed by atoms with Crippen LogP contribution in [0.1, 0.15) is 12.8 Å². The summed E-state index contributed by atoms with van der Waals surface area (Å²) in [5.74, 6) is 0. The van der Waals surface area contributed by atoms with Crippen molar-refractivity contribution >= 4 is 61.9 Å². The van der Waals surface area contributed by atoms with Crippen LogP contribution in [0.5, 0.6) is 0 Å². The van der Waals surface area contributed by atoms with Crippen LogP contribution in [0.4, 0.5) is 34.1 Å². The molecule has 1 aliphatic rings. The fourth-order valence-electron chi connectivity index (χ4n) is 7.28. The number of rotatable bonds is 9. The van der Waals surface area contributed by atoms with E-state index in [-0.39, 0.29) is 0 Å². The van der Waals surface area contributed by atoms with Crippen LogP contribution in [-0.2, 0) is 0 Å². The first kappa shape index (κ1) is 33.0. The van der Waals surface area contributed by atoms with Crippen LogP contribution < -0.4 is 9.80 Å². The molecule has 0 saturated carbocycles. The fourth-order valence-corrected chi connectivity index (χ4v) is 7.28. The van der Waals surface area contributed by atoms with Crippen molar-refractivity contribution < 1.29 is 0 Å². The van der Waals surface area contributed by atoms with E-state index in [0.29, 0.717) is 0 Å². The van der Waals surface area contributed by atoms with Crippen LogP contribution in [0, 0.1) is 0 Å². The maximum Gasteiger partial charge on any atom is 0.115 e. The highest BCUT2D eigenvalue weighted by atomic mass is 15.5. The second-order valence-corrected chi connectivity index (χ2v) is 13.7. The Labute approximate surface area is 324 Å². The van der Waals surface area contributed by atoms with Gasteiger partial charge in [0.15, 0.2) is 0 Å². The molecule has 268 valence electrons. The Hall–Kier alpha value is -7.58. The van der Waals surface area contributed by atoms with Crippen LogP contribution >= 0.6 is 0 Å². The summed E-state index contributed by atoms with van der Waals surface area (Å²) in [7, 11) is 0. The van der Waals surface area contributed by atoms with Crippen molar-refractivity contribution in [3.8, 4) is 16.8 Å². The van der Waals surface area contributed by atoms with Gasteiger partial charge in [-0.05, 0) is 127 Å². The Balaban J connectivity index is 0.956. The Morgan fingerprint density at radius 3 is 1.30 bits per heavy atom. The third-order valence-electron chi connectivity index (χ3n) is 10.1. The quantitative estimate of drug-likeness (QED) is 0.148. The van der Waals surface area contributed by atoms with Crippen LogP contribution in [0.25, 0.3) is 44.6 Å². The van der Waals surface area contributed by atoms with Gasteiger partial charge in [-0.1, -0.05) is 91.0 Å². The lowest BCUT2D eigenvalue weighted by molar-refractivity contribution is 0.766. The lowest BCUT2D eigenvalue weighted by atomic mass is 10.0. The van der Waals surface area contributed by atoms with E-state index in [1.165, 1.54) is 0 Å². The van der Waals surface area contributed by atoms with E-state index >= 15 is 0 Å². The molecule has 0 amide bonds. The predicted octanol–water partition coefficient (Wildman–Crippen LogP) is 12.0. The number of fused-ring (bicyclic) bond motifs is 2. The van der Waals surface area contributed by atoms with E-state index in [9.17, 15) is 0 Å². The topological polar surface area (TPSA) is 67.9 Å². The van der Waals surface area contributed by atoms with E-state index in [4.69, 9.17) is 20.4 Å². The molecular weight excluding hydrogens is 689 g/mol. The van der Waals surface area contributed by atoms with Crippen LogP contribution in [0.3, 0.4) is 0 Å². The van der Waals surface area contributed by atoms with Crippen molar-refractivity contribution in [1.82, 2.24) is 30.0 Å². The van der Waals surface area contributed by atoms with Gasteiger partial charge >= 0.3 is 0 Å². The van der Waals surface area contributed by atoms with Gasteiger partial charge in [-0.25, -0.2) is 0 Å². The maximum atomic E-state index is 4.85. The third kappa shape index (κ3) is 6.39. The standard InChI is InChI=1S/C48H36N8/c1-5-13-37(14-6-1)53(43-29-31-45-47(33-43)51-55(49-45)41-17-9-3-10-18-41)39-25-21-35(22-26-39)36-23-27-40(28-24-36)54(38-15-7-2-8-16-38)44-30-32-46-48(34-44)52-56(50-46)42-19-11-4-12-20-42/h1-3,5-11,13-34H,4,12H2. The first-order valence-corrected chi connectivity index (χ1v) is 18.8. The molecule has 2 heterocycles. The molecule has 0 unspecified atom stereocenters. The van der Waals surface area contributed by atoms with Gasteiger partial charge in [-0.3, -0.25) is 0 Å². The SMILES string of the molecule is C1=CC(n2nc3ccc(N(c4ccccc4)c4ccc(-c5ccc(N(c6ccccc6)c6ccc7nn(-c8ccccc8)nc7c6)cc5)cc4)cc3n2)=CCC1. The third-order valence-corrected chi connectivity index (χ3v) is 10.1. The number of aromatic nitrogens is 6. The number of allylic oxidation sites excluding steroid dienone is 4. The normalized spacial score (nSPS) is 12.5. The molecule has 0 fully saturated rings. The molecule has 0 spiro atoms. The van der Waals surface area contributed by atoms with Crippen molar-refractivity contribution in [1.29, 1.82) is 0 Å². The predicted molar refractivity (Wildman–Crippen MR) is 227 cm³/mol. The number of hydrogen-bond donors (Lipinski definition) is 0. The van der Waals surface area contributed by atoms with Crippen molar-refractivity contribution in [2.24, 2.45) is 0 Å². The van der Waals surface area contributed by atoms with E-state index in [1.807, 2.05) is 48.5 Å². The Morgan fingerprint density at radius 1 is 0.375 bits per heavy atom. The monoisotopic (exact) mass is 724 g/mol. The van der Waals surface area contributed by atoms with Crippen molar-refractivity contribution in [2.75, 3.05) is 9.80 Å². The minimum atomic E-state index is 0.828. The van der Waals surface area contributed by atoms with Gasteiger partial charge in [0, 0.05) is 34.1 Å². The molecule has 0 aliphatic heterocycles. The van der Waals surface area contributed by atoms with Crippen LogP contribution in [0.2, 0.25) is 0 Å². The molecular formula is C48H36N8. The summed E-state index contributed by atoms with van der Waals surface area (Å²) in [4.78, 5) is 7.95. The Morgan fingerprint density at radius 2 is 0.804 bits per heavy atom. The summed E-state index contributed by atoms with van der Waals surface area (Å²) in [6.45, 7) is 0. The number of benzene rings is 7. The first-order chi connectivity index (χ1) is 27.7. The molecule has 1 aliphatic carbocycles. The van der Waals surface area contributed by atoms with E-state index < -0.39 is 0 Å². The summed E-state index contributed by atoms with van der Waals surface area (Å²) < 4.78 is 0. The first-order valence-electron chi connectivity index (χ1n) is 18.8. The zero-order valence-electron chi connectivity index (χ0n) is 30.5. The van der Waals surface area contributed by atoms with Crippen molar-refractivity contribution in [2.45, 2.75) is 12.8 Å². The molecule has 0 bridgehead atoms. The Bertz CT molecular complexity index is 2840. The smallest absolute Gasteiger partial charge is 0.115 e. The number of para-hydroxylation sites is 3. The fraction of sp³-hybridized carbons (Fsp3) is 0.0417. The minimum absolute atomic E-state index is 0.828. The summed E-state index contributed by atoms with van der Waals surface area (Å²) in [5.41, 5.74) is 13.8. The average molecular weight is 725 g/mol. The van der Waals surface area contributed by atoms with Gasteiger partial charge in [0.05, 0.1) is 11.4 Å². The van der Waals surface area contributed by atoms with Crippen molar-refractivity contribution in [3.05, 3.63) is 194 Å². The van der Waals surface area contributed by atoms with Crippen molar-refractivity contribution in [3.63, 3.8) is 0 Å². The van der Waals surface area contributed by atoms with Gasteiger partial charge in [-0.2, -0.15) is 9.59 Å². The molecule has 9 aromatic rings. The lowest BCUT2D eigenvalue weighted by Crippen LogP contribution is -2.10. The molecule has 8 heteroatoms. The van der Waals surface area contributed by atoms with E-state index in [2.05, 4.69) is 155 Å². The molecule has 10 rings (SSSR count). The van der Waals surface area contributed by atoms with Crippen LogP contribution in [0.15, 0.2) is 194 Å². The summed E-state index contributed by atoms with van der Waals surface area (Å²) in [6.07, 6.45) is 8.50. The van der Waals surface area contributed by atoms with Gasteiger partial charge in [-0.15, -0.1) is 20.4 Å². The average Bonchev–Trinajstić information content (AvgIpc) is 3.91. The number of anilines is 6. The molecule has 7 aromatic carbocycles. The van der Waals surface area contributed by atoms with E-state index in [0.717, 1.165) is 91.5 Å². The molecule has 0 N–H and O–H groups in total. The van der Waals surface area contributed by atoms with Gasteiger partial charge in [0.1, 0.15) is 22.1 Å². The lowest BCUT2D eigenvalue weighted by Gasteiger charge is -2.26. The molecule has 0 radical (unpaired) electrons. The zero-order chi connectivity index (χ0) is 37.3. The highest BCUT2D eigenvalue weighted by Gasteiger charge is 2.17. The number of nitrogens with zero attached hydrogens (tertiary/aromatic N) is 8. The maximum absolute atomic E-state index is 4.85. The second kappa shape index (κ2) is 14.3. The molecule has 56 heavy (non-hydrogen) atoms. The largest absolute Gasteiger partial charge is 0.310 e. The number of hydrogen-bond acceptors (Lipinski definition) is 6. The molecule has 0 atom stereocenters. The Kier molecular flexibility index (Phi) is 8.46. The molecule has 8 nitrogen and oxygen atoms in total.